The number of rotatable bonds is 2. The summed E-state index contributed by atoms with van der Waals surface area (Å²) >= 11 is 6.01. The zero-order valence-electron chi connectivity index (χ0n) is 8.92. The van der Waals surface area contributed by atoms with Crippen LogP contribution in [0.4, 0.5) is 0 Å². The van der Waals surface area contributed by atoms with E-state index >= 15 is 0 Å². The third-order valence-electron chi connectivity index (χ3n) is 2.82. The lowest BCUT2D eigenvalue weighted by Crippen LogP contribution is -2.13. The normalized spacial score (nSPS) is 19.6. The van der Waals surface area contributed by atoms with E-state index in [4.69, 9.17) is 11.6 Å². The highest BCUT2D eigenvalue weighted by atomic mass is 35.5. The van der Waals surface area contributed by atoms with E-state index in [-0.39, 0.29) is 17.6 Å². The summed E-state index contributed by atoms with van der Waals surface area (Å²) in [6, 6.07) is 5.37. The van der Waals surface area contributed by atoms with Gasteiger partial charge in [-0.15, -0.1) is 0 Å². The minimum atomic E-state index is -0.0443. The Morgan fingerprint density at radius 3 is 2.75 bits per heavy atom. The molecule has 1 aromatic rings. The Morgan fingerprint density at radius 2 is 2.25 bits per heavy atom. The summed E-state index contributed by atoms with van der Waals surface area (Å²) in [5.41, 5.74) is 1.54. The minimum absolute atomic E-state index is 0.0443. The number of carbonyl (C=O) groups is 2. The molecule has 1 fully saturated rings. The molecule has 1 atom stereocenters. The van der Waals surface area contributed by atoms with Crippen LogP contribution in [-0.4, -0.2) is 18.2 Å². The lowest BCUT2D eigenvalue weighted by Gasteiger charge is -2.09. The molecule has 1 aliphatic rings. The number of amides is 1. The topological polar surface area (TPSA) is 46.2 Å². The van der Waals surface area contributed by atoms with E-state index in [0.717, 1.165) is 5.56 Å². The van der Waals surface area contributed by atoms with Gasteiger partial charge in [0.25, 0.3) is 0 Å². The van der Waals surface area contributed by atoms with Crippen LogP contribution in [0.1, 0.15) is 35.2 Å². The summed E-state index contributed by atoms with van der Waals surface area (Å²) in [4.78, 5) is 22.3. The number of benzene rings is 1. The number of hydrogen-bond acceptors (Lipinski definition) is 2. The monoisotopic (exact) mass is 237 g/mol. The zero-order chi connectivity index (χ0) is 11.7. The highest BCUT2D eigenvalue weighted by Crippen LogP contribution is 2.27. The van der Waals surface area contributed by atoms with Crippen LogP contribution in [0.25, 0.3) is 0 Å². The second-order valence-corrected chi connectivity index (χ2v) is 4.41. The van der Waals surface area contributed by atoms with Crippen LogP contribution in [-0.2, 0) is 4.79 Å². The van der Waals surface area contributed by atoms with Gasteiger partial charge in [-0.3, -0.25) is 9.59 Å². The molecule has 1 heterocycles. The van der Waals surface area contributed by atoms with Gasteiger partial charge >= 0.3 is 0 Å². The first-order chi connectivity index (χ1) is 7.58. The number of ketones is 1. The van der Waals surface area contributed by atoms with E-state index in [1.807, 2.05) is 6.07 Å². The van der Waals surface area contributed by atoms with Crippen LogP contribution in [0, 0.1) is 0 Å². The largest absolute Gasteiger partial charge is 0.355 e. The molecule has 0 bridgehead atoms. The van der Waals surface area contributed by atoms with E-state index in [9.17, 15) is 9.59 Å². The Labute approximate surface area is 98.8 Å². The Balaban J connectivity index is 2.27. The predicted octanol–water partition coefficient (Wildman–Crippen LogP) is 2.15. The first-order valence-electron chi connectivity index (χ1n) is 5.15. The number of nitrogens with one attached hydrogen (secondary N) is 1. The molecular formula is C12H12ClNO2. The molecule has 1 N–H and O–H groups in total. The van der Waals surface area contributed by atoms with E-state index in [1.165, 1.54) is 6.92 Å². The van der Waals surface area contributed by atoms with Crippen molar-refractivity contribution in [1.29, 1.82) is 0 Å². The van der Waals surface area contributed by atoms with Gasteiger partial charge in [-0.2, -0.15) is 0 Å². The maximum absolute atomic E-state index is 11.2. The summed E-state index contributed by atoms with van der Waals surface area (Å²) in [6.45, 7) is 2.14. The summed E-state index contributed by atoms with van der Waals surface area (Å²) in [6.07, 6.45) is 0.496. The van der Waals surface area contributed by atoms with Crippen LogP contribution >= 0.6 is 11.6 Å². The number of hydrogen-bond donors (Lipinski definition) is 1. The highest BCUT2D eigenvalue weighted by Gasteiger charge is 2.23. The van der Waals surface area contributed by atoms with Crippen molar-refractivity contribution in [3.63, 3.8) is 0 Å². The molecule has 3 nitrogen and oxygen atoms in total. The molecule has 0 spiro atoms. The molecule has 0 aliphatic carbocycles. The summed E-state index contributed by atoms with van der Waals surface area (Å²) in [5, 5.41) is 3.24. The molecule has 0 aromatic heterocycles. The van der Waals surface area contributed by atoms with Crippen molar-refractivity contribution >= 4 is 23.3 Å². The predicted molar refractivity (Wildman–Crippen MR) is 61.8 cm³/mol. The molecule has 84 valence electrons. The molecule has 0 unspecified atom stereocenters. The average Bonchev–Trinajstić information content (AvgIpc) is 2.64. The number of halogens is 1. The molecule has 4 heteroatoms. The van der Waals surface area contributed by atoms with Gasteiger partial charge in [0.05, 0.1) is 5.02 Å². The van der Waals surface area contributed by atoms with E-state index in [0.29, 0.717) is 23.6 Å². The van der Waals surface area contributed by atoms with Gasteiger partial charge in [0.15, 0.2) is 5.78 Å². The van der Waals surface area contributed by atoms with E-state index in [1.54, 1.807) is 12.1 Å². The van der Waals surface area contributed by atoms with Gasteiger partial charge in [0.2, 0.25) is 5.91 Å². The standard InChI is InChI=1S/C12H12ClNO2/c1-7(15)10-3-2-8(4-11(10)13)9-5-12(16)14-6-9/h2-4,9H,5-6H2,1H3,(H,14,16)/t9-/m0/s1. The molecule has 1 saturated heterocycles. The highest BCUT2D eigenvalue weighted by molar-refractivity contribution is 6.33. The smallest absolute Gasteiger partial charge is 0.220 e. The summed E-state index contributed by atoms with van der Waals surface area (Å²) in [5.74, 6) is 0.194. The molecule has 1 aromatic carbocycles. The Morgan fingerprint density at radius 1 is 1.50 bits per heavy atom. The first kappa shape index (κ1) is 11.1. The minimum Gasteiger partial charge on any atom is -0.355 e. The second kappa shape index (κ2) is 4.26. The van der Waals surface area contributed by atoms with Gasteiger partial charge in [-0.1, -0.05) is 17.7 Å². The van der Waals surface area contributed by atoms with E-state index in [2.05, 4.69) is 5.32 Å². The lowest BCUT2D eigenvalue weighted by atomic mass is 9.96. The molecule has 1 amide bonds. The Hall–Kier alpha value is -1.35. The van der Waals surface area contributed by atoms with Crippen LogP contribution in [0.5, 0.6) is 0 Å². The third kappa shape index (κ3) is 2.09. The molecule has 0 radical (unpaired) electrons. The molecule has 1 aliphatic heterocycles. The molecule has 2 rings (SSSR count). The fraction of sp³-hybridized carbons (Fsp3) is 0.333. The van der Waals surface area contributed by atoms with Crippen molar-refractivity contribution in [2.24, 2.45) is 0 Å². The Bertz CT molecular complexity index is 456. The van der Waals surface area contributed by atoms with Crippen molar-refractivity contribution in [1.82, 2.24) is 5.32 Å². The number of carbonyl (C=O) groups excluding carboxylic acids is 2. The quantitative estimate of drug-likeness (QED) is 0.802. The number of Topliss-reactive ketones (excluding diaryl/α,β-unsaturated/α-hetero) is 1. The van der Waals surface area contributed by atoms with Crippen molar-refractivity contribution in [3.8, 4) is 0 Å². The van der Waals surface area contributed by atoms with Gasteiger partial charge < -0.3 is 5.32 Å². The fourth-order valence-electron chi connectivity index (χ4n) is 1.91. The lowest BCUT2D eigenvalue weighted by molar-refractivity contribution is -0.119. The summed E-state index contributed by atoms with van der Waals surface area (Å²) < 4.78 is 0. The van der Waals surface area contributed by atoms with Crippen molar-refractivity contribution in [2.75, 3.05) is 6.54 Å². The molecule has 16 heavy (non-hydrogen) atoms. The van der Waals surface area contributed by atoms with E-state index < -0.39 is 0 Å². The van der Waals surface area contributed by atoms with Crippen LogP contribution in [0.3, 0.4) is 0 Å². The maximum Gasteiger partial charge on any atom is 0.220 e. The fourth-order valence-corrected chi connectivity index (χ4v) is 2.23. The SMILES string of the molecule is CC(=O)c1ccc([C@@H]2CNC(=O)C2)cc1Cl. The third-order valence-corrected chi connectivity index (χ3v) is 3.13. The van der Waals surface area contributed by atoms with Gasteiger partial charge in [0.1, 0.15) is 0 Å². The van der Waals surface area contributed by atoms with Crippen LogP contribution < -0.4 is 5.32 Å². The molecule has 0 saturated carbocycles. The Kier molecular flexibility index (Phi) is 2.97. The average molecular weight is 238 g/mol. The molecular weight excluding hydrogens is 226 g/mol. The zero-order valence-corrected chi connectivity index (χ0v) is 9.67. The van der Waals surface area contributed by atoms with Gasteiger partial charge in [-0.25, -0.2) is 0 Å². The van der Waals surface area contributed by atoms with Crippen molar-refractivity contribution in [2.45, 2.75) is 19.3 Å². The van der Waals surface area contributed by atoms with Crippen molar-refractivity contribution < 1.29 is 9.59 Å². The first-order valence-corrected chi connectivity index (χ1v) is 5.53. The van der Waals surface area contributed by atoms with Gasteiger partial charge in [-0.05, 0) is 24.6 Å². The van der Waals surface area contributed by atoms with Crippen LogP contribution in [0.2, 0.25) is 5.02 Å². The van der Waals surface area contributed by atoms with Crippen LogP contribution in [0.15, 0.2) is 18.2 Å². The second-order valence-electron chi connectivity index (χ2n) is 4.00. The van der Waals surface area contributed by atoms with Crippen molar-refractivity contribution in [3.05, 3.63) is 34.3 Å². The maximum atomic E-state index is 11.2. The summed E-state index contributed by atoms with van der Waals surface area (Å²) in [7, 11) is 0. The van der Waals surface area contributed by atoms with Gasteiger partial charge in [0, 0.05) is 24.4 Å².